The van der Waals surface area contributed by atoms with Crippen molar-refractivity contribution in [3.05, 3.63) is 124 Å². The molecule has 1 atom stereocenters. The minimum Gasteiger partial charge on any atom is -0.463 e. The van der Waals surface area contributed by atoms with Crippen molar-refractivity contribution in [3.8, 4) is 5.69 Å². The number of benzene rings is 2. The molecular weight excluding hydrogens is 576 g/mol. The molecule has 2 aromatic carbocycles. The zero-order chi connectivity index (χ0) is 31.7. The fourth-order valence-corrected chi connectivity index (χ4v) is 6.71. The Bertz CT molecular complexity index is 1940. The number of esters is 1. The van der Waals surface area contributed by atoms with Crippen molar-refractivity contribution in [3.63, 3.8) is 0 Å². The van der Waals surface area contributed by atoms with E-state index >= 15 is 0 Å². The number of nitro groups is 1. The van der Waals surface area contributed by atoms with Crippen LogP contribution in [0.15, 0.2) is 75.7 Å². The third-order valence-electron chi connectivity index (χ3n) is 7.89. The van der Waals surface area contributed by atoms with Gasteiger partial charge in [-0.1, -0.05) is 62.8 Å². The van der Waals surface area contributed by atoms with E-state index in [9.17, 15) is 19.7 Å². The average Bonchev–Trinajstić information content (AvgIpc) is 3.46. The van der Waals surface area contributed by atoms with E-state index in [0.717, 1.165) is 34.6 Å². The van der Waals surface area contributed by atoms with E-state index < -0.39 is 16.9 Å². The maximum atomic E-state index is 14.2. The second-order valence-corrected chi connectivity index (χ2v) is 12.2. The molecule has 0 radical (unpaired) electrons. The summed E-state index contributed by atoms with van der Waals surface area (Å²) in [7, 11) is 0. The number of nitro benzene ring substituents is 1. The van der Waals surface area contributed by atoms with Crippen LogP contribution >= 0.6 is 11.3 Å². The number of hydrogen-bond donors (Lipinski definition) is 0. The highest BCUT2D eigenvalue weighted by atomic mass is 32.1. The lowest BCUT2D eigenvalue weighted by molar-refractivity contribution is -0.384. The van der Waals surface area contributed by atoms with Crippen LogP contribution in [0.5, 0.6) is 0 Å². The highest BCUT2D eigenvalue weighted by Crippen LogP contribution is 2.33. The first-order valence-corrected chi connectivity index (χ1v) is 15.6. The quantitative estimate of drug-likeness (QED) is 0.131. The van der Waals surface area contributed by atoms with Crippen molar-refractivity contribution in [2.24, 2.45) is 4.99 Å². The molecular formula is C34H36N4O5S. The number of carbonyl (C=O) groups excluding carboxylic acids is 1. The Balaban J connectivity index is 1.68. The van der Waals surface area contributed by atoms with Gasteiger partial charge in [0, 0.05) is 29.2 Å². The monoisotopic (exact) mass is 612 g/mol. The molecule has 0 unspecified atom stereocenters. The molecule has 0 saturated heterocycles. The maximum absolute atomic E-state index is 14.2. The number of aromatic nitrogens is 2. The van der Waals surface area contributed by atoms with Gasteiger partial charge in [-0.25, -0.2) is 9.79 Å². The van der Waals surface area contributed by atoms with Gasteiger partial charge in [-0.3, -0.25) is 19.5 Å². The highest BCUT2D eigenvalue weighted by Gasteiger charge is 2.34. The number of carbonyl (C=O) groups is 1. The van der Waals surface area contributed by atoms with Crippen molar-refractivity contribution in [1.82, 2.24) is 9.13 Å². The van der Waals surface area contributed by atoms with E-state index in [1.807, 2.05) is 61.7 Å². The van der Waals surface area contributed by atoms with Gasteiger partial charge in [0.25, 0.3) is 11.2 Å². The van der Waals surface area contributed by atoms with Gasteiger partial charge in [-0.05, 0) is 74.1 Å². The van der Waals surface area contributed by atoms with Gasteiger partial charge in [0.1, 0.15) is 0 Å². The Kier molecular flexibility index (Phi) is 8.82. The minimum absolute atomic E-state index is 0.0237. The summed E-state index contributed by atoms with van der Waals surface area (Å²) in [5.74, 6) is -0.120. The number of hydrogen-bond acceptors (Lipinski definition) is 7. The molecule has 0 N–H and O–H groups in total. The van der Waals surface area contributed by atoms with E-state index in [1.54, 1.807) is 23.6 Å². The molecule has 10 heteroatoms. The zero-order valence-electron chi connectivity index (χ0n) is 25.8. The van der Waals surface area contributed by atoms with Gasteiger partial charge in [0.15, 0.2) is 4.80 Å². The molecule has 228 valence electrons. The number of thiazole rings is 1. The molecule has 0 saturated carbocycles. The average molecular weight is 613 g/mol. The Hall–Kier alpha value is -4.57. The predicted molar refractivity (Wildman–Crippen MR) is 172 cm³/mol. The Morgan fingerprint density at radius 3 is 2.39 bits per heavy atom. The van der Waals surface area contributed by atoms with Crippen LogP contribution in [-0.4, -0.2) is 26.6 Å². The smallest absolute Gasteiger partial charge is 0.338 e. The topological polar surface area (TPSA) is 109 Å². The van der Waals surface area contributed by atoms with Crippen molar-refractivity contribution in [2.45, 2.75) is 66.3 Å². The van der Waals surface area contributed by atoms with Gasteiger partial charge in [-0.15, -0.1) is 0 Å². The van der Waals surface area contributed by atoms with Crippen LogP contribution in [-0.2, 0) is 9.53 Å². The molecule has 5 rings (SSSR count). The molecule has 1 aliphatic heterocycles. The molecule has 0 amide bonds. The highest BCUT2D eigenvalue weighted by molar-refractivity contribution is 7.07. The Morgan fingerprint density at radius 2 is 1.80 bits per heavy atom. The largest absolute Gasteiger partial charge is 0.463 e. The summed E-state index contributed by atoms with van der Waals surface area (Å²) in [6.07, 6.45) is 3.22. The SMILES string of the molecule is CCCC1=C(C(=O)OCC)[C@H](c2ccc(C(C)C)cc2)n2c(s/c(=C\c3cc(C)n(-c4ccc([N+](=O)[O-])cc4)c3C)c2=O)=N1. The standard InChI is InChI=1S/C34H36N4O5S/c1-7-9-28-30(33(40)43-8-2)31(24-12-10-23(11-13-24)20(3)4)37-32(39)29(44-34(37)35-28)19-25-18-21(5)36(22(25)6)26-14-16-27(17-15-26)38(41)42/h10-20,31H,7-9H2,1-6H3/b29-19-/t31-/m0/s1. The summed E-state index contributed by atoms with van der Waals surface area (Å²) < 4.78 is 9.63. The lowest BCUT2D eigenvalue weighted by atomic mass is 9.92. The molecule has 0 spiro atoms. The maximum Gasteiger partial charge on any atom is 0.338 e. The fraction of sp³-hybridized carbons (Fsp3) is 0.324. The third kappa shape index (κ3) is 5.69. The zero-order valence-corrected chi connectivity index (χ0v) is 26.6. The van der Waals surface area contributed by atoms with Crippen LogP contribution < -0.4 is 14.9 Å². The third-order valence-corrected chi connectivity index (χ3v) is 8.87. The first kappa shape index (κ1) is 30.9. The number of aryl methyl sites for hydroxylation is 1. The Morgan fingerprint density at radius 1 is 1.11 bits per heavy atom. The molecule has 1 aliphatic rings. The molecule has 44 heavy (non-hydrogen) atoms. The lowest BCUT2D eigenvalue weighted by Crippen LogP contribution is -2.40. The van der Waals surface area contributed by atoms with Gasteiger partial charge in [0.2, 0.25) is 0 Å². The van der Waals surface area contributed by atoms with E-state index in [2.05, 4.69) is 13.8 Å². The molecule has 9 nitrogen and oxygen atoms in total. The molecule has 4 aromatic rings. The first-order valence-electron chi connectivity index (χ1n) is 14.8. The minimum atomic E-state index is -0.664. The number of ether oxygens (including phenoxy) is 1. The first-order chi connectivity index (χ1) is 21.0. The van der Waals surface area contributed by atoms with Crippen molar-refractivity contribution >= 4 is 29.1 Å². The molecule has 0 aliphatic carbocycles. The van der Waals surface area contributed by atoms with Crippen LogP contribution in [0.4, 0.5) is 5.69 Å². The molecule has 3 heterocycles. The molecule has 0 bridgehead atoms. The summed E-state index contributed by atoms with van der Waals surface area (Å²) >= 11 is 1.30. The van der Waals surface area contributed by atoms with Gasteiger partial charge >= 0.3 is 5.97 Å². The van der Waals surface area contributed by atoms with E-state index in [0.29, 0.717) is 32.9 Å². The summed E-state index contributed by atoms with van der Waals surface area (Å²) in [5.41, 5.74) is 6.29. The van der Waals surface area contributed by atoms with Gasteiger partial charge in [0.05, 0.1) is 33.4 Å². The van der Waals surface area contributed by atoms with Crippen molar-refractivity contribution < 1.29 is 14.5 Å². The lowest BCUT2D eigenvalue weighted by Gasteiger charge is -2.26. The van der Waals surface area contributed by atoms with E-state index in [-0.39, 0.29) is 17.9 Å². The molecule has 0 fully saturated rings. The van der Waals surface area contributed by atoms with Gasteiger partial charge in [-0.2, -0.15) is 0 Å². The van der Waals surface area contributed by atoms with Crippen LogP contribution in [0.2, 0.25) is 0 Å². The Labute approximate surface area is 259 Å². The summed E-state index contributed by atoms with van der Waals surface area (Å²) in [5, 5.41) is 11.1. The van der Waals surface area contributed by atoms with E-state index in [4.69, 9.17) is 9.73 Å². The number of fused-ring (bicyclic) bond motifs is 1. The molecule has 2 aromatic heterocycles. The summed E-state index contributed by atoms with van der Waals surface area (Å²) in [4.78, 5) is 43.7. The number of rotatable bonds is 9. The van der Waals surface area contributed by atoms with Crippen LogP contribution in [0, 0.1) is 24.0 Å². The second kappa shape index (κ2) is 12.6. The summed E-state index contributed by atoms with van der Waals surface area (Å²) in [6, 6.07) is 15.8. The fourth-order valence-electron chi connectivity index (χ4n) is 5.70. The van der Waals surface area contributed by atoms with Crippen molar-refractivity contribution in [1.29, 1.82) is 0 Å². The van der Waals surface area contributed by atoms with Crippen molar-refractivity contribution in [2.75, 3.05) is 6.61 Å². The number of nitrogens with zero attached hydrogens (tertiary/aromatic N) is 4. The van der Waals surface area contributed by atoms with Crippen LogP contribution in [0.3, 0.4) is 0 Å². The summed E-state index contributed by atoms with van der Waals surface area (Å²) in [6.45, 7) is 12.2. The van der Waals surface area contributed by atoms with E-state index in [1.165, 1.54) is 29.0 Å². The van der Waals surface area contributed by atoms with Crippen LogP contribution in [0.1, 0.15) is 80.6 Å². The second-order valence-electron chi connectivity index (χ2n) is 11.2. The number of allylic oxidation sites excluding steroid dienone is 1. The van der Waals surface area contributed by atoms with Crippen LogP contribution in [0.25, 0.3) is 11.8 Å². The van der Waals surface area contributed by atoms with Gasteiger partial charge < -0.3 is 9.30 Å². The normalized spacial score (nSPS) is 15.0. The predicted octanol–water partition coefficient (Wildman–Crippen LogP) is 6.02. The number of non-ortho nitro benzene ring substituents is 1.